The summed E-state index contributed by atoms with van der Waals surface area (Å²) in [4.78, 5) is 0. The summed E-state index contributed by atoms with van der Waals surface area (Å²) in [6.07, 6.45) is 0. The molecule has 0 aromatic heterocycles. The molecular formula is C9H7BrClN. The lowest BCUT2D eigenvalue weighted by molar-refractivity contribution is 0.974. The maximum atomic E-state index is 8.69. The van der Waals surface area contributed by atoms with Crippen LogP contribution in [0.25, 0.3) is 0 Å². The number of rotatable bonds is 1. The van der Waals surface area contributed by atoms with Crippen molar-refractivity contribution >= 4 is 27.5 Å². The summed E-state index contributed by atoms with van der Waals surface area (Å²) < 4.78 is 0.931. The predicted octanol–water partition coefficient (Wildman–Crippen LogP) is 3.73. The van der Waals surface area contributed by atoms with Gasteiger partial charge in [0.1, 0.15) is 0 Å². The van der Waals surface area contributed by atoms with E-state index < -0.39 is 0 Å². The highest BCUT2D eigenvalue weighted by molar-refractivity contribution is 9.10. The molecule has 0 N–H and O–H groups in total. The van der Waals surface area contributed by atoms with Gasteiger partial charge in [0.2, 0.25) is 0 Å². The van der Waals surface area contributed by atoms with Crippen LogP contribution in [0.4, 0.5) is 0 Å². The number of hydrogen-bond donors (Lipinski definition) is 0. The molecule has 0 saturated carbocycles. The van der Waals surface area contributed by atoms with Crippen molar-refractivity contribution in [3.8, 4) is 6.07 Å². The average Bonchev–Trinajstić information content (AvgIpc) is 2.08. The standard InChI is InChI=1S/C9H7BrClN/c1-6(5-12)8-4-7(11)2-3-9(8)10/h2-4,6H,1H3. The molecule has 1 rings (SSSR count). The lowest BCUT2D eigenvalue weighted by Gasteiger charge is -2.05. The second kappa shape index (κ2) is 3.93. The molecule has 0 amide bonds. The van der Waals surface area contributed by atoms with E-state index in [9.17, 15) is 0 Å². The van der Waals surface area contributed by atoms with Gasteiger partial charge in [-0.1, -0.05) is 27.5 Å². The largest absolute Gasteiger partial charge is 0.198 e. The van der Waals surface area contributed by atoms with Crippen molar-refractivity contribution < 1.29 is 0 Å². The maximum Gasteiger partial charge on any atom is 0.0701 e. The molecule has 1 nitrogen and oxygen atoms in total. The summed E-state index contributed by atoms with van der Waals surface area (Å²) in [5.74, 6) is -0.127. The zero-order chi connectivity index (χ0) is 9.14. The topological polar surface area (TPSA) is 23.8 Å². The minimum atomic E-state index is -0.127. The van der Waals surface area contributed by atoms with E-state index in [2.05, 4.69) is 22.0 Å². The molecule has 0 spiro atoms. The average molecular weight is 245 g/mol. The fourth-order valence-corrected chi connectivity index (χ4v) is 1.69. The van der Waals surface area contributed by atoms with Crippen LogP contribution in [-0.2, 0) is 0 Å². The van der Waals surface area contributed by atoms with Crippen molar-refractivity contribution in [3.05, 3.63) is 33.3 Å². The first-order valence-corrected chi connectivity index (χ1v) is 4.67. The molecule has 0 radical (unpaired) electrons. The first-order valence-electron chi connectivity index (χ1n) is 3.49. The Morgan fingerprint density at radius 1 is 1.58 bits per heavy atom. The normalized spacial score (nSPS) is 12.2. The van der Waals surface area contributed by atoms with Gasteiger partial charge in [-0.3, -0.25) is 0 Å². The highest BCUT2D eigenvalue weighted by atomic mass is 79.9. The lowest BCUT2D eigenvalue weighted by atomic mass is 10.0. The van der Waals surface area contributed by atoms with Gasteiger partial charge in [0, 0.05) is 9.50 Å². The van der Waals surface area contributed by atoms with Crippen LogP contribution >= 0.6 is 27.5 Å². The summed E-state index contributed by atoms with van der Waals surface area (Å²) >= 11 is 9.15. The first-order chi connectivity index (χ1) is 5.65. The van der Waals surface area contributed by atoms with Gasteiger partial charge in [0.25, 0.3) is 0 Å². The second-order valence-electron chi connectivity index (χ2n) is 2.52. The summed E-state index contributed by atoms with van der Waals surface area (Å²) in [5.41, 5.74) is 0.935. The Labute approximate surface area is 85.1 Å². The van der Waals surface area contributed by atoms with E-state index in [1.807, 2.05) is 13.0 Å². The fourth-order valence-electron chi connectivity index (χ4n) is 0.916. The van der Waals surface area contributed by atoms with Crippen LogP contribution in [0.5, 0.6) is 0 Å². The summed E-state index contributed by atoms with van der Waals surface area (Å²) in [6.45, 7) is 1.84. The molecule has 1 aromatic rings. The number of benzene rings is 1. The van der Waals surface area contributed by atoms with Crippen LogP contribution < -0.4 is 0 Å². The molecule has 1 aromatic carbocycles. The molecule has 3 heteroatoms. The molecule has 0 aliphatic rings. The molecule has 0 aliphatic carbocycles. The van der Waals surface area contributed by atoms with Gasteiger partial charge in [-0.05, 0) is 30.7 Å². The minimum Gasteiger partial charge on any atom is -0.198 e. The third-order valence-electron chi connectivity index (χ3n) is 1.62. The molecule has 0 fully saturated rings. The Morgan fingerprint density at radius 3 is 2.83 bits per heavy atom. The Balaban J connectivity index is 3.15. The van der Waals surface area contributed by atoms with Crippen LogP contribution in [0.15, 0.2) is 22.7 Å². The van der Waals surface area contributed by atoms with E-state index in [0.717, 1.165) is 10.0 Å². The zero-order valence-electron chi connectivity index (χ0n) is 6.51. The van der Waals surface area contributed by atoms with Gasteiger partial charge in [0.05, 0.1) is 12.0 Å². The number of nitriles is 1. The van der Waals surface area contributed by atoms with Crippen LogP contribution in [0.1, 0.15) is 18.4 Å². The van der Waals surface area contributed by atoms with Gasteiger partial charge in [-0.2, -0.15) is 5.26 Å². The van der Waals surface area contributed by atoms with E-state index in [-0.39, 0.29) is 5.92 Å². The monoisotopic (exact) mass is 243 g/mol. The fraction of sp³-hybridized carbons (Fsp3) is 0.222. The van der Waals surface area contributed by atoms with Crippen molar-refractivity contribution in [2.75, 3.05) is 0 Å². The Bertz CT molecular complexity index is 330. The molecule has 12 heavy (non-hydrogen) atoms. The molecule has 1 atom stereocenters. The van der Waals surface area contributed by atoms with E-state index in [4.69, 9.17) is 16.9 Å². The van der Waals surface area contributed by atoms with Crippen molar-refractivity contribution in [2.24, 2.45) is 0 Å². The lowest BCUT2D eigenvalue weighted by Crippen LogP contribution is -1.90. The van der Waals surface area contributed by atoms with Gasteiger partial charge >= 0.3 is 0 Å². The third kappa shape index (κ3) is 2.00. The van der Waals surface area contributed by atoms with Gasteiger partial charge in [-0.15, -0.1) is 0 Å². The zero-order valence-corrected chi connectivity index (χ0v) is 8.85. The highest BCUT2D eigenvalue weighted by Gasteiger charge is 2.07. The van der Waals surface area contributed by atoms with Gasteiger partial charge in [0.15, 0.2) is 0 Å². The molecule has 0 bridgehead atoms. The van der Waals surface area contributed by atoms with Crippen LogP contribution in [0, 0.1) is 11.3 Å². The molecule has 0 aliphatic heterocycles. The Kier molecular flexibility index (Phi) is 3.13. The smallest absolute Gasteiger partial charge is 0.0701 e. The first kappa shape index (κ1) is 9.57. The van der Waals surface area contributed by atoms with Gasteiger partial charge in [-0.25, -0.2) is 0 Å². The van der Waals surface area contributed by atoms with Crippen LogP contribution in [0.3, 0.4) is 0 Å². The quantitative estimate of drug-likeness (QED) is 0.738. The molecular weight excluding hydrogens is 237 g/mol. The number of hydrogen-bond acceptors (Lipinski definition) is 1. The van der Waals surface area contributed by atoms with Crippen LogP contribution in [-0.4, -0.2) is 0 Å². The van der Waals surface area contributed by atoms with Crippen molar-refractivity contribution in [1.82, 2.24) is 0 Å². The van der Waals surface area contributed by atoms with Crippen molar-refractivity contribution in [2.45, 2.75) is 12.8 Å². The van der Waals surface area contributed by atoms with E-state index in [1.165, 1.54) is 0 Å². The summed E-state index contributed by atoms with van der Waals surface area (Å²) in [5, 5.41) is 9.35. The minimum absolute atomic E-state index is 0.127. The van der Waals surface area contributed by atoms with Gasteiger partial charge < -0.3 is 0 Å². The van der Waals surface area contributed by atoms with Crippen molar-refractivity contribution in [3.63, 3.8) is 0 Å². The number of halogens is 2. The molecule has 62 valence electrons. The third-order valence-corrected chi connectivity index (χ3v) is 2.58. The number of nitrogens with zero attached hydrogens (tertiary/aromatic N) is 1. The van der Waals surface area contributed by atoms with E-state index in [1.54, 1.807) is 12.1 Å². The molecule has 0 heterocycles. The Hall–Kier alpha value is -0.520. The maximum absolute atomic E-state index is 8.69. The summed E-state index contributed by atoms with van der Waals surface area (Å²) in [7, 11) is 0. The SMILES string of the molecule is CC(C#N)c1cc(Cl)ccc1Br. The highest BCUT2D eigenvalue weighted by Crippen LogP contribution is 2.27. The molecule has 0 saturated heterocycles. The summed E-state index contributed by atoms with van der Waals surface area (Å²) in [6, 6.07) is 7.61. The molecule has 1 unspecified atom stereocenters. The Morgan fingerprint density at radius 2 is 2.25 bits per heavy atom. The second-order valence-corrected chi connectivity index (χ2v) is 3.81. The van der Waals surface area contributed by atoms with E-state index >= 15 is 0 Å². The van der Waals surface area contributed by atoms with Crippen molar-refractivity contribution in [1.29, 1.82) is 5.26 Å². The van der Waals surface area contributed by atoms with Crippen LogP contribution in [0.2, 0.25) is 5.02 Å². The van der Waals surface area contributed by atoms with E-state index in [0.29, 0.717) is 5.02 Å². The predicted molar refractivity (Wildman–Crippen MR) is 53.2 cm³/mol.